The lowest BCUT2D eigenvalue weighted by molar-refractivity contribution is -0.138. The monoisotopic (exact) mass is 559 g/mol. The van der Waals surface area contributed by atoms with Crippen LogP contribution in [0.3, 0.4) is 0 Å². The number of amides is 1. The van der Waals surface area contributed by atoms with Gasteiger partial charge in [-0.15, -0.1) is 24.0 Å². The number of aliphatic imine (C=N–C) groups is 1. The minimum Gasteiger partial charge on any atom is -0.494 e. The van der Waals surface area contributed by atoms with E-state index in [1.807, 2.05) is 26.2 Å². The van der Waals surface area contributed by atoms with Crippen LogP contribution in [0.5, 0.6) is 5.75 Å². The summed E-state index contributed by atoms with van der Waals surface area (Å²) in [4.78, 5) is 21.4. The van der Waals surface area contributed by atoms with Crippen LogP contribution < -0.4 is 15.4 Å². The van der Waals surface area contributed by atoms with Crippen LogP contribution in [-0.4, -0.2) is 76.1 Å². The summed E-state index contributed by atoms with van der Waals surface area (Å²) < 4.78 is 5.80. The van der Waals surface area contributed by atoms with Crippen LogP contribution in [0.1, 0.15) is 44.6 Å². The first-order valence-corrected chi connectivity index (χ1v) is 11.5. The SMILES string of the molecule is CCNC(=NCc1ccc(OCCCN(C)C)cc1)NCC1(C(=O)N(C)C)CCCC1.I. The number of ether oxygens (including phenoxy) is 1. The molecule has 1 aliphatic carbocycles. The molecule has 1 aromatic carbocycles. The fraction of sp³-hybridized carbons (Fsp3) is 0.667. The molecule has 1 aromatic rings. The fourth-order valence-electron chi connectivity index (χ4n) is 4.02. The Bertz CT molecular complexity index is 701. The van der Waals surface area contributed by atoms with Crippen molar-refractivity contribution in [2.75, 3.05) is 54.4 Å². The molecule has 0 aromatic heterocycles. The van der Waals surface area contributed by atoms with Gasteiger partial charge in [-0.05, 0) is 58.0 Å². The Morgan fingerprint density at radius 3 is 2.31 bits per heavy atom. The number of hydrogen-bond acceptors (Lipinski definition) is 4. The molecule has 2 N–H and O–H groups in total. The Hall–Kier alpha value is -1.55. The molecule has 0 unspecified atom stereocenters. The number of carbonyl (C=O) groups excluding carboxylic acids is 1. The van der Waals surface area contributed by atoms with Crippen LogP contribution in [0.2, 0.25) is 0 Å². The highest BCUT2D eigenvalue weighted by molar-refractivity contribution is 14.0. The largest absolute Gasteiger partial charge is 0.494 e. The van der Waals surface area contributed by atoms with Gasteiger partial charge in [0.25, 0.3) is 0 Å². The van der Waals surface area contributed by atoms with Crippen LogP contribution in [0, 0.1) is 5.41 Å². The molecule has 0 radical (unpaired) electrons. The minimum atomic E-state index is -0.314. The van der Waals surface area contributed by atoms with Crippen molar-refractivity contribution in [2.45, 2.75) is 45.6 Å². The van der Waals surface area contributed by atoms with E-state index in [1.54, 1.807) is 4.90 Å². The molecule has 32 heavy (non-hydrogen) atoms. The Labute approximate surface area is 211 Å². The van der Waals surface area contributed by atoms with Gasteiger partial charge < -0.3 is 25.2 Å². The molecule has 0 saturated heterocycles. The second kappa shape index (κ2) is 14.6. The quantitative estimate of drug-likeness (QED) is 0.189. The molecular formula is C24H42IN5O2. The number of hydrogen-bond donors (Lipinski definition) is 2. The fourth-order valence-corrected chi connectivity index (χ4v) is 4.02. The van der Waals surface area contributed by atoms with E-state index in [0.717, 1.165) is 69.1 Å². The first-order chi connectivity index (χ1) is 14.9. The van der Waals surface area contributed by atoms with Crippen molar-refractivity contribution in [2.24, 2.45) is 10.4 Å². The van der Waals surface area contributed by atoms with Gasteiger partial charge in [-0.25, -0.2) is 4.99 Å². The van der Waals surface area contributed by atoms with E-state index in [0.29, 0.717) is 13.1 Å². The van der Waals surface area contributed by atoms with Crippen molar-refractivity contribution in [3.8, 4) is 5.75 Å². The summed E-state index contributed by atoms with van der Waals surface area (Å²) in [5.74, 6) is 1.86. The van der Waals surface area contributed by atoms with Crippen LogP contribution in [0.25, 0.3) is 0 Å². The van der Waals surface area contributed by atoms with Crippen molar-refractivity contribution in [3.05, 3.63) is 29.8 Å². The number of halogens is 1. The predicted molar refractivity (Wildman–Crippen MR) is 143 cm³/mol. The van der Waals surface area contributed by atoms with Gasteiger partial charge in [0.1, 0.15) is 5.75 Å². The Morgan fingerprint density at radius 2 is 1.75 bits per heavy atom. The zero-order valence-electron chi connectivity index (χ0n) is 20.4. The Balaban J connectivity index is 0.00000512. The molecule has 0 bridgehead atoms. The zero-order chi connectivity index (χ0) is 22.7. The average molecular weight is 560 g/mol. The molecule has 1 saturated carbocycles. The standard InChI is InChI=1S/C24H41N5O2.HI/c1-6-25-23(27-19-24(14-7-8-15-24)22(30)29(4)5)26-18-20-10-12-21(13-11-20)31-17-9-16-28(2)3;/h10-13H,6-9,14-19H2,1-5H3,(H2,25,26,27);1H. The van der Waals surface area contributed by atoms with E-state index in [2.05, 4.69) is 48.7 Å². The van der Waals surface area contributed by atoms with E-state index in [9.17, 15) is 4.79 Å². The molecule has 0 spiro atoms. The number of nitrogens with zero attached hydrogens (tertiary/aromatic N) is 3. The summed E-state index contributed by atoms with van der Waals surface area (Å²) in [6, 6.07) is 8.12. The third-order valence-corrected chi connectivity index (χ3v) is 5.72. The third-order valence-electron chi connectivity index (χ3n) is 5.72. The first kappa shape index (κ1) is 28.5. The molecule has 1 fully saturated rings. The van der Waals surface area contributed by atoms with Crippen LogP contribution in [0.4, 0.5) is 0 Å². The summed E-state index contributed by atoms with van der Waals surface area (Å²) in [5.41, 5.74) is 0.809. The van der Waals surface area contributed by atoms with Gasteiger partial charge in [-0.1, -0.05) is 25.0 Å². The van der Waals surface area contributed by atoms with E-state index in [-0.39, 0.29) is 35.3 Å². The van der Waals surface area contributed by atoms with Gasteiger partial charge in [0.15, 0.2) is 5.96 Å². The summed E-state index contributed by atoms with van der Waals surface area (Å²) >= 11 is 0. The van der Waals surface area contributed by atoms with Crippen LogP contribution in [-0.2, 0) is 11.3 Å². The minimum absolute atomic E-state index is 0. The van der Waals surface area contributed by atoms with E-state index in [1.165, 1.54) is 0 Å². The predicted octanol–water partition coefficient (Wildman–Crippen LogP) is 3.34. The zero-order valence-corrected chi connectivity index (χ0v) is 22.8. The maximum absolute atomic E-state index is 12.8. The van der Waals surface area contributed by atoms with Gasteiger partial charge in [0, 0.05) is 33.7 Å². The van der Waals surface area contributed by atoms with Crippen molar-refractivity contribution in [1.29, 1.82) is 0 Å². The molecule has 0 atom stereocenters. The lowest BCUT2D eigenvalue weighted by Gasteiger charge is -2.31. The van der Waals surface area contributed by atoms with Gasteiger partial charge in [0.05, 0.1) is 18.6 Å². The van der Waals surface area contributed by atoms with Crippen LogP contribution >= 0.6 is 24.0 Å². The van der Waals surface area contributed by atoms with E-state index < -0.39 is 0 Å². The summed E-state index contributed by atoms with van der Waals surface area (Å²) in [5, 5.41) is 6.73. The van der Waals surface area contributed by atoms with Crippen LogP contribution in [0.15, 0.2) is 29.3 Å². The molecule has 8 heteroatoms. The highest BCUT2D eigenvalue weighted by Gasteiger charge is 2.42. The summed E-state index contributed by atoms with van der Waals surface area (Å²) in [6.07, 6.45) is 5.10. The molecule has 1 aliphatic rings. The summed E-state index contributed by atoms with van der Waals surface area (Å²) in [7, 11) is 7.83. The highest BCUT2D eigenvalue weighted by Crippen LogP contribution is 2.38. The maximum atomic E-state index is 12.8. The first-order valence-electron chi connectivity index (χ1n) is 11.5. The topological polar surface area (TPSA) is 69.2 Å². The van der Waals surface area contributed by atoms with E-state index >= 15 is 0 Å². The van der Waals surface area contributed by atoms with Gasteiger partial charge in [-0.3, -0.25) is 4.79 Å². The molecule has 1 amide bonds. The normalized spacial score (nSPS) is 15.2. The number of rotatable bonds is 11. The lowest BCUT2D eigenvalue weighted by Crippen LogP contribution is -2.49. The van der Waals surface area contributed by atoms with Gasteiger partial charge >= 0.3 is 0 Å². The molecule has 7 nitrogen and oxygen atoms in total. The van der Waals surface area contributed by atoms with E-state index in [4.69, 9.17) is 9.73 Å². The Kier molecular flexibility index (Phi) is 13.0. The lowest BCUT2D eigenvalue weighted by atomic mass is 9.84. The van der Waals surface area contributed by atoms with Gasteiger partial charge in [0.2, 0.25) is 5.91 Å². The molecule has 0 heterocycles. The molecule has 182 valence electrons. The molecule has 2 rings (SSSR count). The van der Waals surface area contributed by atoms with Crippen molar-refractivity contribution < 1.29 is 9.53 Å². The third kappa shape index (κ3) is 9.13. The number of nitrogens with one attached hydrogen (secondary N) is 2. The smallest absolute Gasteiger partial charge is 0.230 e. The van der Waals surface area contributed by atoms with Gasteiger partial charge in [-0.2, -0.15) is 0 Å². The summed E-state index contributed by atoms with van der Waals surface area (Å²) in [6.45, 7) is 5.77. The number of guanidine groups is 1. The number of carbonyl (C=O) groups is 1. The second-order valence-corrected chi connectivity index (χ2v) is 8.88. The molecule has 0 aliphatic heterocycles. The van der Waals surface area contributed by atoms with Crippen molar-refractivity contribution in [3.63, 3.8) is 0 Å². The second-order valence-electron chi connectivity index (χ2n) is 8.88. The Morgan fingerprint density at radius 1 is 1.09 bits per heavy atom. The number of benzene rings is 1. The average Bonchev–Trinajstić information content (AvgIpc) is 3.23. The maximum Gasteiger partial charge on any atom is 0.230 e. The highest BCUT2D eigenvalue weighted by atomic mass is 127. The molecular weight excluding hydrogens is 517 g/mol. The van der Waals surface area contributed by atoms with Crippen molar-refractivity contribution >= 4 is 35.8 Å². The van der Waals surface area contributed by atoms with Crippen molar-refractivity contribution in [1.82, 2.24) is 20.4 Å².